The van der Waals surface area contributed by atoms with Gasteiger partial charge in [-0.05, 0) is 36.6 Å². The lowest BCUT2D eigenvalue weighted by atomic mass is 9.99. The molecule has 2 atom stereocenters. The number of ether oxygens (including phenoxy) is 1. The molecule has 6 nitrogen and oxygen atoms in total. The summed E-state index contributed by atoms with van der Waals surface area (Å²) in [4.78, 5) is 35.7. The molecule has 0 radical (unpaired) electrons. The average molecular weight is 369 g/mol. The first kappa shape index (κ1) is 21.0. The minimum atomic E-state index is -0.647. The van der Waals surface area contributed by atoms with Crippen molar-refractivity contribution in [2.45, 2.75) is 39.2 Å². The lowest BCUT2D eigenvalue weighted by molar-refractivity contribution is -0.146. The summed E-state index contributed by atoms with van der Waals surface area (Å²) in [7, 11) is 1.30. The maximum Gasteiger partial charge on any atom is 0.328 e. The number of halogens is 1. The Morgan fingerprint density at radius 2 is 1.84 bits per heavy atom. The maximum absolute atomic E-state index is 12.0. The van der Waals surface area contributed by atoms with Crippen LogP contribution in [0.4, 0.5) is 0 Å². The summed E-state index contributed by atoms with van der Waals surface area (Å²) in [5, 5.41) is 6.01. The highest BCUT2D eigenvalue weighted by Crippen LogP contribution is 2.10. The van der Waals surface area contributed by atoms with Crippen LogP contribution in [0, 0.1) is 5.92 Å². The van der Waals surface area contributed by atoms with Crippen LogP contribution in [0.3, 0.4) is 0 Å². The van der Waals surface area contributed by atoms with E-state index in [1.807, 2.05) is 13.8 Å². The van der Waals surface area contributed by atoms with E-state index >= 15 is 0 Å². The van der Waals surface area contributed by atoms with Gasteiger partial charge in [0.15, 0.2) is 0 Å². The van der Waals surface area contributed by atoms with Gasteiger partial charge < -0.3 is 15.4 Å². The summed E-state index contributed by atoms with van der Waals surface area (Å²) in [6.07, 6.45) is 1.43. The van der Waals surface area contributed by atoms with Gasteiger partial charge in [-0.1, -0.05) is 31.9 Å². The standard InChI is InChI=1S/C18H25ClN2O4/c1-4-12(2)16(18(24)25-3)21-15(22)6-5-11-20-17(23)13-7-9-14(19)10-8-13/h7-10,12,16H,4-6,11H2,1-3H3,(H,20,23)(H,21,22). The molecule has 0 aliphatic rings. The van der Waals surface area contributed by atoms with Crippen LogP contribution < -0.4 is 10.6 Å². The van der Waals surface area contributed by atoms with Crippen molar-refractivity contribution in [1.29, 1.82) is 0 Å². The van der Waals surface area contributed by atoms with Gasteiger partial charge in [0.25, 0.3) is 5.91 Å². The zero-order valence-corrected chi connectivity index (χ0v) is 15.6. The summed E-state index contributed by atoms with van der Waals surface area (Å²) in [5.41, 5.74) is 0.511. The summed E-state index contributed by atoms with van der Waals surface area (Å²) >= 11 is 5.78. The number of benzene rings is 1. The lowest BCUT2D eigenvalue weighted by Crippen LogP contribution is -2.45. The fourth-order valence-electron chi connectivity index (χ4n) is 2.20. The largest absolute Gasteiger partial charge is 0.467 e. The van der Waals surface area contributed by atoms with Gasteiger partial charge in [0.1, 0.15) is 6.04 Å². The molecular weight excluding hydrogens is 344 g/mol. The van der Waals surface area contributed by atoms with Gasteiger partial charge in [-0.3, -0.25) is 9.59 Å². The summed E-state index contributed by atoms with van der Waals surface area (Å²) in [6, 6.07) is 5.91. The van der Waals surface area contributed by atoms with Crippen LogP contribution in [0.15, 0.2) is 24.3 Å². The van der Waals surface area contributed by atoms with Crippen molar-refractivity contribution in [2.24, 2.45) is 5.92 Å². The molecule has 0 bridgehead atoms. The first-order chi connectivity index (χ1) is 11.9. The van der Waals surface area contributed by atoms with E-state index in [2.05, 4.69) is 10.6 Å². The van der Waals surface area contributed by atoms with Crippen molar-refractivity contribution in [2.75, 3.05) is 13.7 Å². The molecule has 0 heterocycles. The van der Waals surface area contributed by atoms with Crippen molar-refractivity contribution in [3.8, 4) is 0 Å². The molecule has 0 aromatic heterocycles. The Kier molecular flexibility index (Phi) is 8.99. The number of carbonyl (C=O) groups is 3. The van der Waals surface area contributed by atoms with Gasteiger partial charge in [-0.15, -0.1) is 0 Å². The normalized spacial score (nSPS) is 12.8. The fourth-order valence-corrected chi connectivity index (χ4v) is 2.32. The topological polar surface area (TPSA) is 84.5 Å². The highest BCUT2D eigenvalue weighted by molar-refractivity contribution is 6.30. The molecule has 2 N–H and O–H groups in total. The van der Waals surface area contributed by atoms with E-state index in [0.717, 1.165) is 6.42 Å². The molecule has 1 aromatic rings. The fraction of sp³-hybridized carbons (Fsp3) is 0.500. The van der Waals surface area contributed by atoms with Crippen molar-refractivity contribution in [3.63, 3.8) is 0 Å². The minimum Gasteiger partial charge on any atom is -0.467 e. The van der Waals surface area contributed by atoms with Gasteiger partial charge >= 0.3 is 5.97 Å². The van der Waals surface area contributed by atoms with Gasteiger partial charge in [-0.2, -0.15) is 0 Å². The van der Waals surface area contributed by atoms with E-state index in [4.69, 9.17) is 16.3 Å². The number of hydrogen-bond donors (Lipinski definition) is 2. The van der Waals surface area contributed by atoms with Crippen LogP contribution in [-0.4, -0.2) is 37.5 Å². The minimum absolute atomic E-state index is 0.0130. The lowest BCUT2D eigenvalue weighted by Gasteiger charge is -2.21. The predicted molar refractivity (Wildman–Crippen MR) is 96.4 cm³/mol. The maximum atomic E-state index is 12.0. The summed E-state index contributed by atoms with van der Waals surface area (Å²) in [5.74, 6) is -0.916. The van der Waals surface area contributed by atoms with Crippen LogP contribution in [-0.2, 0) is 14.3 Å². The van der Waals surface area contributed by atoms with Crippen molar-refractivity contribution in [1.82, 2.24) is 10.6 Å². The molecule has 0 spiro atoms. The van der Waals surface area contributed by atoms with E-state index in [9.17, 15) is 14.4 Å². The molecule has 25 heavy (non-hydrogen) atoms. The summed E-state index contributed by atoms with van der Waals surface area (Å²) < 4.78 is 4.73. The van der Waals surface area contributed by atoms with E-state index in [-0.39, 0.29) is 24.2 Å². The molecular formula is C18H25ClN2O4. The molecule has 0 fully saturated rings. The third-order valence-electron chi connectivity index (χ3n) is 3.96. The second-order valence-electron chi connectivity index (χ2n) is 5.82. The van der Waals surface area contributed by atoms with Crippen LogP contribution in [0.1, 0.15) is 43.5 Å². The van der Waals surface area contributed by atoms with Crippen LogP contribution >= 0.6 is 11.6 Å². The highest BCUT2D eigenvalue weighted by Gasteiger charge is 2.26. The third-order valence-corrected chi connectivity index (χ3v) is 4.21. The molecule has 2 unspecified atom stereocenters. The number of methoxy groups -OCH3 is 1. The second kappa shape index (κ2) is 10.7. The Balaban J connectivity index is 2.37. The molecule has 0 aliphatic carbocycles. The Labute approximate surface area is 153 Å². The van der Waals surface area contributed by atoms with Gasteiger partial charge in [0.05, 0.1) is 7.11 Å². The van der Waals surface area contributed by atoms with E-state index in [1.54, 1.807) is 24.3 Å². The first-order valence-corrected chi connectivity index (χ1v) is 8.67. The number of rotatable bonds is 9. The van der Waals surface area contributed by atoms with Crippen LogP contribution in [0.25, 0.3) is 0 Å². The number of amides is 2. The Morgan fingerprint density at radius 1 is 1.20 bits per heavy atom. The van der Waals surface area contributed by atoms with Crippen molar-refractivity contribution in [3.05, 3.63) is 34.9 Å². The molecule has 138 valence electrons. The van der Waals surface area contributed by atoms with Crippen molar-refractivity contribution >= 4 is 29.4 Å². The molecule has 2 amide bonds. The molecule has 0 saturated heterocycles. The van der Waals surface area contributed by atoms with E-state index < -0.39 is 12.0 Å². The molecule has 1 rings (SSSR count). The highest BCUT2D eigenvalue weighted by atomic mass is 35.5. The molecule has 1 aromatic carbocycles. The number of nitrogens with one attached hydrogen (secondary N) is 2. The monoisotopic (exact) mass is 368 g/mol. The van der Waals surface area contributed by atoms with Crippen LogP contribution in [0.5, 0.6) is 0 Å². The van der Waals surface area contributed by atoms with Crippen LogP contribution in [0.2, 0.25) is 5.02 Å². The molecule has 0 aliphatic heterocycles. The predicted octanol–water partition coefficient (Wildman–Crippen LogP) is 2.55. The van der Waals surface area contributed by atoms with Gasteiger partial charge in [0, 0.05) is 23.6 Å². The van der Waals surface area contributed by atoms with Crippen molar-refractivity contribution < 1.29 is 19.1 Å². The first-order valence-electron chi connectivity index (χ1n) is 8.30. The zero-order valence-electron chi connectivity index (χ0n) is 14.8. The van der Waals surface area contributed by atoms with Gasteiger partial charge in [-0.25, -0.2) is 4.79 Å². The Hall–Kier alpha value is -2.08. The van der Waals surface area contributed by atoms with E-state index in [0.29, 0.717) is 23.6 Å². The average Bonchev–Trinajstić information content (AvgIpc) is 2.62. The quantitative estimate of drug-likeness (QED) is 0.518. The van der Waals surface area contributed by atoms with Gasteiger partial charge in [0.2, 0.25) is 5.91 Å². The second-order valence-corrected chi connectivity index (χ2v) is 6.26. The Bertz CT molecular complexity index is 589. The smallest absolute Gasteiger partial charge is 0.328 e. The molecule has 7 heteroatoms. The number of hydrogen-bond acceptors (Lipinski definition) is 4. The van der Waals surface area contributed by atoms with E-state index in [1.165, 1.54) is 7.11 Å². The zero-order chi connectivity index (χ0) is 18.8. The Morgan fingerprint density at radius 3 is 2.40 bits per heavy atom. The number of carbonyl (C=O) groups excluding carboxylic acids is 3. The summed E-state index contributed by atoms with van der Waals surface area (Å²) in [6.45, 7) is 4.19. The third kappa shape index (κ3) is 7.13. The molecule has 0 saturated carbocycles. The number of esters is 1. The SMILES string of the molecule is CCC(C)C(NC(=O)CCCNC(=O)c1ccc(Cl)cc1)C(=O)OC.